The van der Waals surface area contributed by atoms with E-state index in [4.69, 9.17) is 11.6 Å². The number of rotatable bonds is 2. The summed E-state index contributed by atoms with van der Waals surface area (Å²) >= 11 is 5.98. The topological polar surface area (TPSA) is 54.5 Å². The predicted molar refractivity (Wildman–Crippen MR) is 76.5 cm³/mol. The highest BCUT2D eigenvalue weighted by Gasteiger charge is 2.18. The molecule has 2 aromatic carbocycles. The van der Waals surface area contributed by atoms with Crippen LogP contribution in [0.25, 0.3) is 16.9 Å². The molecule has 0 spiro atoms. The van der Waals surface area contributed by atoms with Crippen molar-refractivity contribution in [2.45, 2.75) is 0 Å². The van der Waals surface area contributed by atoms with E-state index in [2.05, 4.69) is 10.3 Å². The van der Waals surface area contributed by atoms with E-state index in [0.29, 0.717) is 16.3 Å². The summed E-state index contributed by atoms with van der Waals surface area (Å²) in [6.45, 7) is 0. The van der Waals surface area contributed by atoms with Crippen LogP contribution in [0.3, 0.4) is 0 Å². The summed E-state index contributed by atoms with van der Waals surface area (Å²) < 4.78 is 15.3. The van der Waals surface area contributed by atoms with Gasteiger partial charge in [-0.15, -0.1) is 5.10 Å². The zero-order chi connectivity index (χ0) is 14.8. The van der Waals surface area contributed by atoms with Crippen molar-refractivity contribution in [2.75, 3.05) is 0 Å². The number of hydrogen-bond donors (Lipinski definition) is 0. The molecular weight excluding hydrogens is 291 g/mol. The van der Waals surface area contributed by atoms with Gasteiger partial charge in [0.25, 0.3) is 0 Å². The zero-order valence-corrected chi connectivity index (χ0v) is 11.4. The largest absolute Gasteiger partial charge is 0.208 e. The molecule has 6 heteroatoms. The fourth-order valence-electron chi connectivity index (χ4n) is 2.04. The second-order valence-electron chi connectivity index (χ2n) is 4.27. The molecule has 0 unspecified atom stereocenters. The first kappa shape index (κ1) is 13.3. The third-order valence-corrected chi connectivity index (χ3v) is 3.19. The van der Waals surface area contributed by atoms with Crippen molar-refractivity contribution in [3.8, 4) is 23.0 Å². The summed E-state index contributed by atoms with van der Waals surface area (Å²) in [7, 11) is 0. The number of hydrogen-bond acceptors (Lipinski definition) is 3. The average molecular weight is 299 g/mol. The molecule has 102 valence electrons. The lowest BCUT2D eigenvalue weighted by molar-refractivity contribution is 0.608. The Morgan fingerprint density at radius 2 is 1.95 bits per heavy atom. The van der Waals surface area contributed by atoms with Gasteiger partial charge >= 0.3 is 0 Å². The van der Waals surface area contributed by atoms with E-state index in [0.717, 1.165) is 0 Å². The van der Waals surface area contributed by atoms with E-state index in [1.165, 1.54) is 10.7 Å². The number of nitrogens with zero attached hydrogens (tertiary/aromatic N) is 4. The van der Waals surface area contributed by atoms with Crippen LogP contribution in [0, 0.1) is 17.1 Å². The second-order valence-corrected chi connectivity index (χ2v) is 4.71. The van der Waals surface area contributed by atoms with Gasteiger partial charge in [0.1, 0.15) is 23.3 Å². The Bertz CT molecular complexity index is 851. The Labute approximate surface area is 125 Å². The molecule has 0 saturated heterocycles. The molecule has 0 saturated carbocycles. The molecule has 3 aromatic rings. The smallest absolute Gasteiger partial charge is 0.191 e. The minimum Gasteiger partial charge on any atom is -0.208 e. The molecule has 0 radical (unpaired) electrons. The fraction of sp³-hybridized carbons (Fsp3) is 0. The normalized spacial score (nSPS) is 10.3. The minimum atomic E-state index is -0.449. The first-order valence-electron chi connectivity index (χ1n) is 6.07. The van der Waals surface area contributed by atoms with Gasteiger partial charge in [0.15, 0.2) is 5.69 Å². The van der Waals surface area contributed by atoms with Crippen molar-refractivity contribution in [1.29, 1.82) is 5.26 Å². The highest BCUT2D eigenvalue weighted by atomic mass is 35.5. The molecule has 21 heavy (non-hydrogen) atoms. The van der Waals surface area contributed by atoms with Crippen LogP contribution in [0.5, 0.6) is 0 Å². The Morgan fingerprint density at radius 1 is 1.14 bits per heavy atom. The molecule has 1 heterocycles. The zero-order valence-electron chi connectivity index (χ0n) is 10.7. The quantitative estimate of drug-likeness (QED) is 0.726. The van der Waals surface area contributed by atoms with Gasteiger partial charge in [-0.3, -0.25) is 0 Å². The maximum Gasteiger partial charge on any atom is 0.191 e. The number of aromatic nitrogens is 3. The van der Waals surface area contributed by atoms with Crippen LogP contribution >= 0.6 is 11.6 Å². The molecule has 0 aliphatic carbocycles. The summed E-state index contributed by atoms with van der Waals surface area (Å²) in [5.41, 5.74) is 1.39. The highest BCUT2D eigenvalue weighted by Crippen LogP contribution is 2.27. The SMILES string of the molecule is N#Cc1nnn(-c2ccccc2F)c1-c1cccc(Cl)c1. The number of nitriles is 1. The molecule has 3 rings (SSSR count). The van der Waals surface area contributed by atoms with Crippen LogP contribution in [-0.2, 0) is 0 Å². The van der Waals surface area contributed by atoms with Crippen molar-refractivity contribution in [3.63, 3.8) is 0 Å². The molecule has 0 atom stereocenters. The van der Waals surface area contributed by atoms with Crippen LogP contribution in [0.15, 0.2) is 48.5 Å². The first-order valence-corrected chi connectivity index (χ1v) is 6.45. The maximum atomic E-state index is 14.0. The Hall–Kier alpha value is -2.71. The summed E-state index contributed by atoms with van der Waals surface area (Å²) in [6.07, 6.45) is 0. The lowest BCUT2D eigenvalue weighted by atomic mass is 10.1. The monoisotopic (exact) mass is 298 g/mol. The molecule has 0 aliphatic heterocycles. The van der Waals surface area contributed by atoms with Crippen LogP contribution in [0.4, 0.5) is 4.39 Å². The van der Waals surface area contributed by atoms with E-state index in [-0.39, 0.29) is 11.4 Å². The Kier molecular flexibility index (Phi) is 3.38. The molecule has 0 fully saturated rings. The average Bonchev–Trinajstić information content (AvgIpc) is 2.91. The molecule has 0 N–H and O–H groups in total. The van der Waals surface area contributed by atoms with E-state index >= 15 is 0 Å². The van der Waals surface area contributed by atoms with Gasteiger partial charge in [-0.1, -0.05) is 41.1 Å². The Balaban J connectivity index is 2.28. The standard InChI is InChI=1S/C15H8ClFN4/c16-11-5-3-4-10(8-11)15-13(9-18)19-20-21(15)14-7-2-1-6-12(14)17/h1-8H. The van der Waals surface area contributed by atoms with Crippen molar-refractivity contribution < 1.29 is 4.39 Å². The van der Waals surface area contributed by atoms with Gasteiger partial charge in [0.05, 0.1) is 0 Å². The summed E-state index contributed by atoms with van der Waals surface area (Å²) in [4.78, 5) is 0. The van der Waals surface area contributed by atoms with Crippen molar-refractivity contribution in [3.05, 3.63) is 65.1 Å². The van der Waals surface area contributed by atoms with Crippen LogP contribution < -0.4 is 0 Å². The minimum absolute atomic E-state index is 0.112. The van der Waals surface area contributed by atoms with Gasteiger partial charge in [-0.2, -0.15) is 5.26 Å². The molecule has 0 bridgehead atoms. The molecule has 1 aromatic heterocycles. The van der Waals surface area contributed by atoms with Crippen molar-refractivity contribution >= 4 is 11.6 Å². The summed E-state index contributed by atoms with van der Waals surface area (Å²) in [5.74, 6) is -0.449. The van der Waals surface area contributed by atoms with Crippen molar-refractivity contribution in [1.82, 2.24) is 15.0 Å². The van der Waals surface area contributed by atoms with E-state index in [9.17, 15) is 9.65 Å². The van der Waals surface area contributed by atoms with Gasteiger partial charge < -0.3 is 0 Å². The summed E-state index contributed by atoms with van der Waals surface area (Å²) in [5, 5.41) is 17.4. The summed E-state index contributed by atoms with van der Waals surface area (Å²) in [6, 6.07) is 15.0. The van der Waals surface area contributed by atoms with Crippen LogP contribution in [-0.4, -0.2) is 15.0 Å². The van der Waals surface area contributed by atoms with E-state index in [1.54, 1.807) is 42.5 Å². The second kappa shape index (κ2) is 5.35. The first-order chi connectivity index (χ1) is 10.2. The van der Waals surface area contributed by atoms with Gasteiger partial charge in [-0.25, -0.2) is 9.07 Å². The van der Waals surface area contributed by atoms with Gasteiger partial charge in [-0.05, 0) is 24.3 Å². The molecule has 4 nitrogen and oxygen atoms in total. The molecule has 0 aliphatic rings. The van der Waals surface area contributed by atoms with Gasteiger partial charge in [0.2, 0.25) is 0 Å². The third kappa shape index (κ3) is 2.37. The lowest BCUT2D eigenvalue weighted by Crippen LogP contribution is -2.02. The maximum absolute atomic E-state index is 14.0. The number of benzene rings is 2. The van der Waals surface area contributed by atoms with Crippen LogP contribution in [0.1, 0.15) is 5.69 Å². The fourth-order valence-corrected chi connectivity index (χ4v) is 2.23. The lowest BCUT2D eigenvalue weighted by Gasteiger charge is -2.07. The molecular formula is C15H8ClFN4. The van der Waals surface area contributed by atoms with Crippen LogP contribution in [0.2, 0.25) is 5.02 Å². The number of halogens is 2. The van der Waals surface area contributed by atoms with Gasteiger partial charge in [0, 0.05) is 10.6 Å². The van der Waals surface area contributed by atoms with Crippen molar-refractivity contribution in [2.24, 2.45) is 0 Å². The molecule has 0 amide bonds. The predicted octanol–water partition coefficient (Wildman–Crippen LogP) is 3.60. The van der Waals surface area contributed by atoms with E-state index in [1.807, 2.05) is 6.07 Å². The third-order valence-electron chi connectivity index (χ3n) is 2.95. The highest BCUT2D eigenvalue weighted by molar-refractivity contribution is 6.30. The Morgan fingerprint density at radius 3 is 2.67 bits per heavy atom. The van der Waals surface area contributed by atoms with E-state index < -0.39 is 5.82 Å². The number of para-hydroxylation sites is 1.